The van der Waals surface area contributed by atoms with Crippen LogP contribution in [-0.2, 0) is 7.05 Å². The van der Waals surface area contributed by atoms with Crippen LogP contribution in [-0.4, -0.2) is 15.6 Å². The molecule has 1 aromatic rings. The Morgan fingerprint density at radius 3 is 2.50 bits per heavy atom. The van der Waals surface area contributed by atoms with Crippen LogP contribution in [0, 0.1) is 5.92 Å². The molecule has 0 aliphatic rings. The average molecular weight is 195 g/mol. The molecule has 1 heterocycles. The molecule has 0 amide bonds. The molecular formula is C11H21N3. The van der Waals surface area contributed by atoms with E-state index >= 15 is 0 Å². The molecule has 14 heavy (non-hydrogen) atoms. The first-order chi connectivity index (χ1) is 6.69. The molecule has 3 nitrogen and oxygen atoms in total. The van der Waals surface area contributed by atoms with Crippen LogP contribution in [0.5, 0.6) is 0 Å². The Balaban J connectivity index is 2.56. The maximum absolute atomic E-state index is 4.26. The van der Waals surface area contributed by atoms with E-state index in [4.69, 9.17) is 0 Å². The molecule has 0 saturated carbocycles. The van der Waals surface area contributed by atoms with Gasteiger partial charge >= 0.3 is 0 Å². The smallest absolute Gasteiger partial charge is 0.202 e. The lowest BCUT2D eigenvalue weighted by Crippen LogP contribution is -2.26. The molecule has 0 radical (unpaired) electrons. The molecule has 1 aromatic heterocycles. The first-order valence-corrected chi connectivity index (χ1v) is 5.42. The van der Waals surface area contributed by atoms with Crippen molar-refractivity contribution in [2.75, 3.05) is 5.32 Å². The standard InChI is InChI=1S/C11H21N3/c1-5-10(6-2)9(3)13-11-12-7-8-14(11)4/h7-10H,5-6H2,1-4H3,(H,12,13). The number of hydrogen-bond acceptors (Lipinski definition) is 2. The Hall–Kier alpha value is -0.990. The number of imidazole rings is 1. The third-order valence-corrected chi connectivity index (χ3v) is 2.93. The first-order valence-electron chi connectivity index (χ1n) is 5.42. The van der Waals surface area contributed by atoms with Gasteiger partial charge in [0.05, 0.1) is 0 Å². The fourth-order valence-corrected chi connectivity index (χ4v) is 1.82. The normalized spacial score (nSPS) is 13.2. The van der Waals surface area contributed by atoms with Crippen molar-refractivity contribution >= 4 is 5.95 Å². The van der Waals surface area contributed by atoms with Gasteiger partial charge < -0.3 is 9.88 Å². The summed E-state index contributed by atoms with van der Waals surface area (Å²) >= 11 is 0. The van der Waals surface area contributed by atoms with E-state index in [0.717, 1.165) is 11.9 Å². The Morgan fingerprint density at radius 1 is 1.43 bits per heavy atom. The molecular weight excluding hydrogens is 174 g/mol. The molecule has 1 rings (SSSR count). The number of nitrogens with zero attached hydrogens (tertiary/aromatic N) is 2. The summed E-state index contributed by atoms with van der Waals surface area (Å²) in [6.45, 7) is 6.71. The number of hydrogen-bond donors (Lipinski definition) is 1. The molecule has 0 aliphatic carbocycles. The SMILES string of the molecule is CCC(CC)C(C)Nc1nccn1C. The van der Waals surface area contributed by atoms with E-state index in [1.807, 2.05) is 24.0 Å². The topological polar surface area (TPSA) is 29.9 Å². The second kappa shape index (κ2) is 5.03. The van der Waals surface area contributed by atoms with Gasteiger partial charge in [0.1, 0.15) is 0 Å². The highest BCUT2D eigenvalue weighted by Crippen LogP contribution is 2.16. The second-order valence-corrected chi connectivity index (χ2v) is 3.87. The highest BCUT2D eigenvalue weighted by Gasteiger charge is 2.14. The van der Waals surface area contributed by atoms with Crippen molar-refractivity contribution < 1.29 is 0 Å². The fourth-order valence-electron chi connectivity index (χ4n) is 1.82. The van der Waals surface area contributed by atoms with Crippen molar-refractivity contribution in [3.63, 3.8) is 0 Å². The summed E-state index contributed by atoms with van der Waals surface area (Å²) in [5, 5.41) is 3.44. The average Bonchev–Trinajstić information content (AvgIpc) is 2.54. The minimum absolute atomic E-state index is 0.492. The summed E-state index contributed by atoms with van der Waals surface area (Å²) in [6.07, 6.45) is 6.22. The lowest BCUT2D eigenvalue weighted by molar-refractivity contribution is 0.435. The molecule has 0 saturated heterocycles. The van der Waals surface area contributed by atoms with Crippen LogP contribution in [0.1, 0.15) is 33.6 Å². The minimum atomic E-state index is 0.492. The van der Waals surface area contributed by atoms with Gasteiger partial charge in [0.2, 0.25) is 5.95 Å². The number of rotatable bonds is 5. The lowest BCUT2D eigenvalue weighted by Gasteiger charge is -2.22. The largest absolute Gasteiger partial charge is 0.353 e. The van der Waals surface area contributed by atoms with Crippen LogP contribution < -0.4 is 5.32 Å². The summed E-state index contributed by atoms with van der Waals surface area (Å²) in [7, 11) is 2.01. The lowest BCUT2D eigenvalue weighted by atomic mass is 9.96. The highest BCUT2D eigenvalue weighted by molar-refractivity contribution is 5.26. The highest BCUT2D eigenvalue weighted by atomic mass is 15.2. The van der Waals surface area contributed by atoms with Gasteiger partial charge in [-0.25, -0.2) is 4.98 Å². The van der Waals surface area contributed by atoms with E-state index in [9.17, 15) is 0 Å². The molecule has 0 spiro atoms. The van der Waals surface area contributed by atoms with Crippen molar-refractivity contribution in [2.45, 2.75) is 39.7 Å². The molecule has 0 bridgehead atoms. The van der Waals surface area contributed by atoms with Gasteiger partial charge in [-0.1, -0.05) is 26.7 Å². The number of nitrogens with one attached hydrogen (secondary N) is 1. The van der Waals surface area contributed by atoms with Gasteiger partial charge in [-0.2, -0.15) is 0 Å². The second-order valence-electron chi connectivity index (χ2n) is 3.87. The molecule has 0 aromatic carbocycles. The maximum atomic E-state index is 4.26. The fraction of sp³-hybridized carbons (Fsp3) is 0.727. The molecule has 0 aliphatic heterocycles. The molecule has 1 atom stereocenters. The van der Waals surface area contributed by atoms with Gasteiger partial charge in [0, 0.05) is 25.5 Å². The molecule has 0 fully saturated rings. The minimum Gasteiger partial charge on any atom is -0.353 e. The summed E-state index contributed by atoms with van der Waals surface area (Å²) in [4.78, 5) is 4.26. The quantitative estimate of drug-likeness (QED) is 0.782. The summed E-state index contributed by atoms with van der Waals surface area (Å²) in [5.41, 5.74) is 0. The van der Waals surface area contributed by atoms with Crippen LogP contribution in [0.2, 0.25) is 0 Å². The van der Waals surface area contributed by atoms with Gasteiger partial charge in [0.15, 0.2) is 0 Å². The number of aromatic nitrogens is 2. The van der Waals surface area contributed by atoms with Gasteiger partial charge in [-0.15, -0.1) is 0 Å². The van der Waals surface area contributed by atoms with Crippen LogP contribution in [0.3, 0.4) is 0 Å². The van der Waals surface area contributed by atoms with Gasteiger partial charge in [-0.05, 0) is 12.8 Å². The van der Waals surface area contributed by atoms with Crippen LogP contribution >= 0.6 is 0 Å². The van der Waals surface area contributed by atoms with E-state index < -0.39 is 0 Å². The van der Waals surface area contributed by atoms with E-state index in [1.165, 1.54) is 12.8 Å². The Kier molecular flexibility index (Phi) is 3.98. The molecule has 1 N–H and O–H groups in total. The van der Waals surface area contributed by atoms with Crippen LogP contribution in [0.4, 0.5) is 5.95 Å². The Bertz CT molecular complexity index is 263. The predicted octanol–water partition coefficient (Wildman–Crippen LogP) is 2.66. The van der Waals surface area contributed by atoms with Crippen LogP contribution in [0.25, 0.3) is 0 Å². The van der Waals surface area contributed by atoms with E-state index in [-0.39, 0.29) is 0 Å². The van der Waals surface area contributed by atoms with Crippen LogP contribution in [0.15, 0.2) is 12.4 Å². The number of anilines is 1. The Labute approximate surface area is 86.5 Å². The zero-order chi connectivity index (χ0) is 10.6. The summed E-state index contributed by atoms with van der Waals surface area (Å²) in [5.74, 6) is 1.69. The van der Waals surface area contributed by atoms with Crippen molar-refractivity contribution in [3.8, 4) is 0 Å². The van der Waals surface area contributed by atoms with Crippen molar-refractivity contribution in [3.05, 3.63) is 12.4 Å². The molecule has 1 unspecified atom stereocenters. The maximum Gasteiger partial charge on any atom is 0.202 e. The van der Waals surface area contributed by atoms with E-state index in [2.05, 4.69) is 31.1 Å². The van der Waals surface area contributed by atoms with E-state index in [0.29, 0.717) is 6.04 Å². The van der Waals surface area contributed by atoms with E-state index in [1.54, 1.807) is 0 Å². The molecule has 3 heteroatoms. The summed E-state index contributed by atoms with van der Waals surface area (Å²) < 4.78 is 2.01. The predicted molar refractivity (Wildman–Crippen MR) is 60.4 cm³/mol. The van der Waals surface area contributed by atoms with Crippen molar-refractivity contribution in [2.24, 2.45) is 13.0 Å². The Morgan fingerprint density at radius 2 is 2.07 bits per heavy atom. The number of aryl methyl sites for hydroxylation is 1. The third kappa shape index (κ3) is 2.50. The monoisotopic (exact) mass is 195 g/mol. The zero-order valence-corrected chi connectivity index (χ0v) is 9.62. The van der Waals surface area contributed by atoms with Crippen molar-refractivity contribution in [1.82, 2.24) is 9.55 Å². The van der Waals surface area contributed by atoms with Gasteiger partial charge in [0.25, 0.3) is 0 Å². The zero-order valence-electron chi connectivity index (χ0n) is 9.62. The summed E-state index contributed by atoms with van der Waals surface area (Å²) in [6, 6.07) is 0.492. The van der Waals surface area contributed by atoms with Gasteiger partial charge in [-0.3, -0.25) is 0 Å². The van der Waals surface area contributed by atoms with Crippen molar-refractivity contribution in [1.29, 1.82) is 0 Å². The third-order valence-electron chi connectivity index (χ3n) is 2.93. The first kappa shape index (κ1) is 11.1. The molecule has 80 valence electrons.